The second-order valence-electron chi connectivity index (χ2n) is 5.09. The molecule has 0 aliphatic carbocycles. The van der Waals surface area contributed by atoms with Gasteiger partial charge in [-0.2, -0.15) is 0 Å². The fourth-order valence-electron chi connectivity index (χ4n) is 2.76. The average molecular weight is 263 g/mol. The Bertz CT molecular complexity index is 474. The number of aliphatic hydroxyl groups excluding tert-OH is 1. The number of amidine groups is 1. The van der Waals surface area contributed by atoms with Crippen molar-refractivity contribution in [2.75, 3.05) is 24.6 Å². The number of para-hydroxylation sites is 1. The first kappa shape index (κ1) is 13.7. The number of nitrogens with zero attached hydrogens (tertiary/aromatic N) is 2. The minimum absolute atomic E-state index is 0.129. The molecule has 1 aromatic carbocycles. The molecule has 1 fully saturated rings. The van der Waals surface area contributed by atoms with E-state index in [0.717, 1.165) is 42.7 Å². The van der Waals surface area contributed by atoms with Crippen molar-refractivity contribution >= 4 is 11.5 Å². The summed E-state index contributed by atoms with van der Waals surface area (Å²) in [7, 11) is 0. The topological polar surface area (TPSA) is 82.1 Å². The van der Waals surface area contributed by atoms with Crippen LogP contribution in [0.3, 0.4) is 0 Å². The van der Waals surface area contributed by atoms with E-state index in [9.17, 15) is 5.11 Å². The van der Waals surface area contributed by atoms with E-state index in [4.69, 9.17) is 10.9 Å². The third kappa shape index (κ3) is 2.81. The molecule has 1 saturated heterocycles. The Hall–Kier alpha value is -1.75. The van der Waals surface area contributed by atoms with Gasteiger partial charge in [0.15, 0.2) is 5.84 Å². The largest absolute Gasteiger partial charge is 0.409 e. The van der Waals surface area contributed by atoms with E-state index in [-0.39, 0.29) is 12.4 Å². The first-order valence-corrected chi connectivity index (χ1v) is 6.60. The second-order valence-corrected chi connectivity index (χ2v) is 5.09. The maximum absolute atomic E-state index is 9.33. The van der Waals surface area contributed by atoms with Crippen LogP contribution < -0.4 is 10.6 Å². The normalized spacial score (nSPS) is 20.6. The third-order valence-corrected chi connectivity index (χ3v) is 3.71. The monoisotopic (exact) mass is 263 g/mol. The summed E-state index contributed by atoms with van der Waals surface area (Å²) >= 11 is 0. The fourth-order valence-corrected chi connectivity index (χ4v) is 2.76. The lowest BCUT2D eigenvalue weighted by atomic mass is 9.96. The molecule has 19 heavy (non-hydrogen) atoms. The Balaban J connectivity index is 2.37. The minimum atomic E-state index is 0.129. The lowest BCUT2D eigenvalue weighted by molar-refractivity contribution is 0.208. The van der Waals surface area contributed by atoms with Gasteiger partial charge < -0.3 is 20.9 Å². The van der Waals surface area contributed by atoms with Gasteiger partial charge in [-0.05, 0) is 37.3 Å². The van der Waals surface area contributed by atoms with Crippen molar-refractivity contribution in [2.24, 2.45) is 16.8 Å². The van der Waals surface area contributed by atoms with Crippen LogP contribution in [0.1, 0.15) is 24.0 Å². The lowest BCUT2D eigenvalue weighted by Crippen LogP contribution is -2.38. The van der Waals surface area contributed by atoms with E-state index >= 15 is 0 Å². The summed E-state index contributed by atoms with van der Waals surface area (Å²) in [5, 5.41) is 21.4. The summed E-state index contributed by atoms with van der Waals surface area (Å²) < 4.78 is 0. The number of oxime groups is 1. The molecule has 5 heteroatoms. The van der Waals surface area contributed by atoms with Crippen LogP contribution in [-0.4, -0.2) is 35.8 Å². The van der Waals surface area contributed by atoms with E-state index in [2.05, 4.69) is 10.1 Å². The predicted molar refractivity (Wildman–Crippen MR) is 75.7 cm³/mol. The van der Waals surface area contributed by atoms with Gasteiger partial charge in [0.05, 0.1) is 5.69 Å². The smallest absolute Gasteiger partial charge is 0.172 e. The average Bonchev–Trinajstić information content (AvgIpc) is 2.46. The van der Waals surface area contributed by atoms with E-state index in [0.29, 0.717) is 5.92 Å². The molecular weight excluding hydrogens is 242 g/mol. The molecule has 0 spiro atoms. The van der Waals surface area contributed by atoms with Gasteiger partial charge in [-0.3, -0.25) is 0 Å². The van der Waals surface area contributed by atoms with Gasteiger partial charge in [-0.15, -0.1) is 0 Å². The quantitative estimate of drug-likeness (QED) is 0.332. The summed E-state index contributed by atoms with van der Waals surface area (Å²) in [5.74, 6) is 0.429. The van der Waals surface area contributed by atoms with Crippen LogP contribution in [0.25, 0.3) is 0 Å². The van der Waals surface area contributed by atoms with Crippen LogP contribution in [0.4, 0.5) is 5.69 Å². The molecule has 0 amide bonds. The molecule has 0 radical (unpaired) electrons. The number of hydrogen-bond acceptors (Lipinski definition) is 4. The van der Waals surface area contributed by atoms with Crippen LogP contribution >= 0.6 is 0 Å². The molecule has 1 aliphatic rings. The Morgan fingerprint density at radius 2 is 2.32 bits per heavy atom. The maximum Gasteiger partial charge on any atom is 0.172 e. The number of hydrogen-bond donors (Lipinski definition) is 3. The predicted octanol–water partition coefficient (Wildman–Crippen LogP) is 1.30. The van der Waals surface area contributed by atoms with Crippen LogP contribution in [-0.2, 0) is 0 Å². The van der Waals surface area contributed by atoms with Crippen molar-refractivity contribution in [2.45, 2.75) is 19.8 Å². The van der Waals surface area contributed by atoms with Gasteiger partial charge in [0.1, 0.15) is 0 Å². The molecule has 0 bridgehead atoms. The summed E-state index contributed by atoms with van der Waals surface area (Å²) in [6.07, 6.45) is 2.10. The first-order chi connectivity index (χ1) is 9.17. The third-order valence-electron chi connectivity index (χ3n) is 3.71. The number of benzene rings is 1. The van der Waals surface area contributed by atoms with Gasteiger partial charge in [0.2, 0.25) is 0 Å². The van der Waals surface area contributed by atoms with E-state index in [1.165, 1.54) is 0 Å². The molecule has 5 nitrogen and oxygen atoms in total. The highest BCUT2D eigenvalue weighted by atomic mass is 16.4. The zero-order valence-corrected chi connectivity index (χ0v) is 11.2. The van der Waals surface area contributed by atoms with Crippen LogP contribution in [0, 0.1) is 12.8 Å². The molecule has 1 aromatic rings. The van der Waals surface area contributed by atoms with Gasteiger partial charge >= 0.3 is 0 Å². The molecule has 4 N–H and O–H groups in total. The number of aryl methyl sites for hydroxylation is 1. The van der Waals surface area contributed by atoms with Crippen LogP contribution in [0.2, 0.25) is 0 Å². The van der Waals surface area contributed by atoms with Crippen molar-refractivity contribution in [3.8, 4) is 0 Å². The highest BCUT2D eigenvalue weighted by Gasteiger charge is 2.23. The van der Waals surface area contributed by atoms with E-state index in [1.54, 1.807) is 0 Å². The molecule has 1 atom stereocenters. The van der Waals surface area contributed by atoms with Crippen molar-refractivity contribution in [1.82, 2.24) is 0 Å². The Kier molecular flexibility index (Phi) is 4.27. The second kappa shape index (κ2) is 5.93. The molecular formula is C14H21N3O2. The molecule has 104 valence electrons. The van der Waals surface area contributed by atoms with Gasteiger partial charge in [-0.1, -0.05) is 17.3 Å². The van der Waals surface area contributed by atoms with Gasteiger partial charge in [0.25, 0.3) is 0 Å². The Labute approximate surface area is 113 Å². The maximum atomic E-state index is 9.33. The molecule has 0 aromatic heterocycles. The fraction of sp³-hybridized carbons (Fsp3) is 0.500. The van der Waals surface area contributed by atoms with Gasteiger partial charge in [0, 0.05) is 25.3 Å². The number of nitrogens with two attached hydrogens (primary N) is 1. The summed E-state index contributed by atoms with van der Waals surface area (Å²) in [6.45, 7) is 3.98. The minimum Gasteiger partial charge on any atom is -0.409 e. The first-order valence-electron chi connectivity index (χ1n) is 6.60. The molecule has 1 aliphatic heterocycles. The van der Waals surface area contributed by atoms with Crippen LogP contribution in [0.15, 0.2) is 23.4 Å². The summed E-state index contributed by atoms with van der Waals surface area (Å²) in [6, 6.07) is 5.78. The van der Waals surface area contributed by atoms with Crippen LogP contribution in [0.5, 0.6) is 0 Å². The van der Waals surface area contributed by atoms with Crippen molar-refractivity contribution in [1.29, 1.82) is 0 Å². The number of anilines is 1. The summed E-state index contributed by atoms with van der Waals surface area (Å²) in [4.78, 5) is 2.23. The highest BCUT2D eigenvalue weighted by molar-refractivity contribution is 6.02. The van der Waals surface area contributed by atoms with E-state index < -0.39 is 0 Å². The molecule has 0 saturated carbocycles. The van der Waals surface area contributed by atoms with Crippen molar-refractivity contribution < 1.29 is 10.3 Å². The standard InChI is InChI=1S/C14H21N3O2/c1-10-4-2-6-12(14(15)16-19)13(10)17-7-3-5-11(8-17)9-18/h2,4,6,11,18-19H,3,5,7-9H2,1H3,(H2,15,16). The number of rotatable bonds is 3. The highest BCUT2D eigenvalue weighted by Crippen LogP contribution is 2.29. The van der Waals surface area contributed by atoms with Crippen molar-refractivity contribution in [3.63, 3.8) is 0 Å². The molecule has 2 rings (SSSR count). The summed E-state index contributed by atoms with van der Waals surface area (Å²) in [5.41, 5.74) is 8.62. The zero-order chi connectivity index (χ0) is 13.8. The lowest BCUT2D eigenvalue weighted by Gasteiger charge is -2.35. The number of aliphatic hydroxyl groups is 1. The molecule has 1 heterocycles. The number of piperidine rings is 1. The Morgan fingerprint density at radius 3 is 3.00 bits per heavy atom. The zero-order valence-electron chi connectivity index (χ0n) is 11.2. The van der Waals surface area contributed by atoms with Gasteiger partial charge in [-0.25, -0.2) is 0 Å². The van der Waals surface area contributed by atoms with E-state index in [1.807, 2.05) is 25.1 Å². The Morgan fingerprint density at radius 1 is 1.53 bits per heavy atom. The van der Waals surface area contributed by atoms with Crippen molar-refractivity contribution in [3.05, 3.63) is 29.3 Å². The SMILES string of the molecule is Cc1cccc(/C(N)=N/O)c1N1CCCC(CO)C1. The molecule has 1 unspecified atom stereocenters.